The van der Waals surface area contributed by atoms with Crippen LogP contribution in [0.4, 0.5) is 0 Å². The molecule has 0 aromatic heterocycles. The molecule has 0 spiro atoms. The Labute approximate surface area is 111 Å². The van der Waals surface area contributed by atoms with Crippen molar-refractivity contribution in [3.8, 4) is 0 Å². The molecule has 0 aromatic rings. The lowest BCUT2D eigenvalue weighted by Gasteiger charge is -2.20. The van der Waals surface area contributed by atoms with Crippen LogP contribution in [-0.4, -0.2) is 45.4 Å². The Kier molecular flexibility index (Phi) is 7.06. The molecule has 3 N–H and O–H groups in total. The van der Waals surface area contributed by atoms with Crippen molar-refractivity contribution in [1.29, 1.82) is 0 Å². The van der Waals surface area contributed by atoms with Crippen molar-refractivity contribution < 1.29 is 34.4 Å². The monoisotopic (exact) mass is 276 g/mol. The zero-order valence-corrected chi connectivity index (χ0v) is 11.1. The van der Waals surface area contributed by atoms with Gasteiger partial charge in [-0.3, -0.25) is 9.59 Å². The smallest absolute Gasteiger partial charge is 0.336 e. The second kappa shape index (κ2) is 7.73. The minimum atomic E-state index is -2.63. The lowest BCUT2D eigenvalue weighted by molar-refractivity contribution is -0.172. The number of rotatable bonds is 9. The summed E-state index contributed by atoms with van der Waals surface area (Å²) in [6.07, 6.45) is -0.375. The Bertz CT molecular complexity index is 339. The molecule has 19 heavy (non-hydrogen) atoms. The summed E-state index contributed by atoms with van der Waals surface area (Å²) in [7, 11) is 0. The number of carbonyl (C=O) groups is 3. The van der Waals surface area contributed by atoms with Crippen molar-refractivity contribution >= 4 is 17.9 Å². The third kappa shape index (κ3) is 6.76. The first kappa shape index (κ1) is 17.4. The van der Waals surface area contributed by atoms with Crippen LogP contribution >= 0.6 is 0 Å². The maximum Gasteiger partial charge on any atom is 0.336 e. The molecule has 2 unspecified atom stereocenters. The van der Waals surface area contributed by atoms with Crippen LogP contribution in [0.2, 0.25) is 0 Å². The van der Waals surface area contributed by atoms with Crippen LogP contribution in [0.5, 0.6) is 0 Å². The first-order chi connectivity index (χ1) is 8.71. The van der Waals surface area contributed by atoms with Gasteiger partial charge in [-0.1, -0.05) is 20.3 Å². The molecule has 7 heteroatoms. The molecular formula is C12H20O7. The molecule has 0 radical (unpaired) electrons. The Hall–Kier alpha value is -1.63. The van der Waals surface area contributed by atoms with Crippen molar-refractivity contribution in [3.05, 3.63) is 0 Å². The number of carboxylic acids is 2. The van der Waals surface area contributed by atoms with Gasteiger partial charge in [-0.15, -0.1) is 0 Å². The summed E-state index contributed by atoms with van der Waals surface area (Å²) in [5, 5.41) is 26.9. The normalized spacial score (nSPS) is 15.3. The van der Waals surface area contributed by atoms with E-state index in [0.717, 1.165) is 6.42 Å². The average molecular weight is 276 g/mol. The quantitative estimate of drug-likeness (QED) is 0.528. The molecular weight excluding hydrogens is 256 g/mol. The highest BCUT2D eigenvalue weighted by Gasteiger charge is 2.41. The second-order valence-corrected chi connectivity index (χ2v) is 4.61. The Morgan fingerprint density at radius 3 is 2.21 bits per heavy atom. The van der Waals surface area contributed by atoms with E-state index in [-0.39, 0.29) is 6.61 Å². The van der Waals surface area contributed by atoms with Gasteiger partial charge in [0.05, 0.1) is 19.4 Å². The van der Waals surface area contributed by atoms with Crippen molar-refractivity contribution in [2.24, 2.45) is 5.92 Å². The van der Waals surface area contributed by atoms with Crippen molar-refractivity contribution in [3.63, 3.8) is 0 Å². The van der Waals surface area contributed by atoms with Crippen molar-refractivity contribution in [2.45, 2.75) is 45.1 Å². The molecule has 0 aromatic carbocycles. The van der Waals surface area contributed by atoms with Gasteiger partial charge in [0.2, 0.25) is 0 Å². The standard InChI is InChI=1S/C12H20O7/c1-3-8(2)4-5-19-10(15)7-12(18,11(16)17)6-9(13)14/h8,18H,3-7H2,1-2H3,(H,13,14)(H,16,17). The first-order valence-corrected chi connectivity index (χ1v) is 6.04. The molecule has 0 aliphatic heterocycles. The van der Waals surface area contributed by atoms with Crippen molar-refractivity contribution in [1.82, 2.24) is 0 Å². The molecule has 0 saturated heterocycles. The van der Waals surface area contributed by atoms with E-state index in [0.29, 0.717) is 12.3 Å². The zero-order valence-electron chi connectivity index (χ0n) is 11.1. The van der Waals surface area contributed by atoms with Gasteiger partial charge >= 0.3 is 17.9 Å². The van der Waals surface area contributed by atoms with E-state index in [1.54, 1.807) is 0 Å². The Morgan fingerprint density at radius 2 is 1.79 bits per heavy atom. The summed E-state index contributed by atoms with van der Waals surface area (Å²) < 4.78 is 4.79. The number of ether oxygens (including phenoxy) is 1. The fourth-order valence-corrected chi connectivity index (χ4v) is 1.33. The maximum atomic E-state index is 11.4. The second-order valence-electron chi connectivity index (χ2n) is 4.61. The van der Waals surface area contributed by atoms with E-state index in [1.165, 1.54) is 0 Å². The predicted molar refractivity (Wildman–Crippen MR) is 64.5 cm³/mol. The fourth-order valence-electron chi connectivity index (χ4n) is 1.33. The average Bonchev–Trinajstić information content (AvgIpc) is 2.27. The van der Waals surface area contributed by atoms with Crippen LogP contribution in [0.15, 0.2) is 0 Å². The molecule has 0 aliphatic rings. The summed E-state index contributed by atoms with van der Waals surface area (Å²) >= 11 is 0. The van der Waals surface area contributed by atoms with E-state index >= 15 is 0 Å². The number of carboxylic acid groups (broad SMARTS) is 2. The van der Waals surface area contributed by atoms with Gasteiger partial charge in [-0.25, -0.2) is 4.79 Å². The van der Waals surface area contributed by atoms with Crippen molar-refractivity contribution in [2.75, 3.05) is 6.61 Å². The highest BCUT2D eigenvalue weighted by atomic mass is 16.5. The highest BCUT2D eigenvalue weighted by molar-refractivity contribution is 5.88. The third-order valence-electron chi connectivity index (χ3n) is 2.85. The SMILES string of the molecule is CCC(C)CCOC(=O)CC(O)(CC(=O)O)C(=O)O. The van der Waals surface area contributed by atoms with Crippen LogP contribution in [0.25, 0.3) is 0 Å². The van der Waals surface area contributed by atoms with Gasteiger partial charge in [0, 0.05) is 0 Å². The van der Waals surface area contributed by atoms with Crippen LogP contribution in [0.3, 0.4) is 0 Å². The molecule has 2 atom stereocenters. The van der Waals surface area contributed by atoms with E-state index in [9.17, 15) is 19.5 Å². The summed E-state index contributed by atoms with van der Waals surface area (Å²) in [4.78, 5) is 32.6. The zero-order chi connectivity index (χ0) is 15.1. The van der Waals surface area contributed by atoms with Gasteiger partial charge in [-0.2, -0.15) is 0 Å². The minimum absolute atomic E-state index is 0.122. The lowest BCUT2D eigenvalue weighted by atomic mass is 9.96. The number of esters is 1. The van der Waals surface area contributed by atoms with Gasteiger partial charge in [0.1, 0.15) is 0 Å². The topological polar surface area (TPSA) is 121 Å². The number of aliphatic carboxylic acids is 2. The molecule has 7 nitrogen and oxygen atoms in total. The number of hydrogen-bond donors (Lipinski definition) is 3. The van der Waals surface area contributed by atoms with E-state index in [2.05, 4.69) is 0 Å². The van der Waals surface area contributed by atoms with E-state index in [4.69, 9.17) is 14.9 Å². The van der Waals surface area contributed by atoms with Crippen LogP contribution in [-0.2, 0) is 19.1 Å². The molecule has 0 rings (SSSR count). The predicted octanol–water partition coefficient (Wildman–Crippen LogP) is 0.646. The maximum absolute atomic E-state index is 11.4. The van der Waals surface area contributed by atoms with Crippen LogP contribution in [0, 0.1) is 5.92 Å². The van der Waals surface area contributed by atoms with Gasteiger partial charge < -0.3 is 20.1 Å². The number of hydrogen-bond acceptors (Lipinski definition) is 5. The molecule has 0 fully saturated rings. The lowest BCUT2D eigenvalue weighted by Crippen LogP contribution is -2.43. The summed E-state index contributed by atoms with van der Waals surface area (Å²) in [5.74, 6) is -3.81. The fraction of sp³-hybridized carbons (Fsp3) is 0.750. The summed E-state index contributed by atoms with van der Waals surface area (Å²) in [6, 6.07) is 0. The third-order valence-corrected chi connectivity index (χ3v) is 2.85. The summed E-state index contributed by atoms with van der Waals surface area (Å²) in [6.45, 7) is 4.09. The molecule has 0 amide bonds. The van der Waals surface area contributed by atoms with E-state index in [1.807, 2.05) is 13.8 Å². The number of aliphatic hydroxyl groups is 1. The molecule has 0 saturated carbocycles. The molecule has 0 aliphatic carbocycles. The van der Waals surface area contributed by atoms with Gasteiger partial charge in [0.15, 0.2) is 5.60 Å². The van der Waals surface area contributed by atoms with Crippen LogP contribution < -0.4 is 0 Å². The van der Waals surface area contributed by atoms with Gasteiger partial charge in [-0.05, 0) is 12.3 Å². The Balaban J connectivity index is 4.33. The largest absolute Gasteiger partial charge is 0.481 e. The summed E-state index contributed by atoms with van der Waals surface area (Å²) in [5.41, 5.74) is -2.63. The van der Waals surface area contributed by atoms with E-state index < -0.39 is 36.4 Å². The Morgan fingerprint density at radius 1 is 1.21 bits per heavy atom. The van der Waals surface area contributed by atoms with Crippen LogP contribution in [0.1, 0.15) is 39.5 Å². The molecule has 110 valence electrons. The molecule has 0 bridgehead atoms. The van der Waals surface area contributed by atoms with Gasteiger partial charge in [0.25, 0.3) is 0 Å². The molecule has 0 heterocycles. The minimum Gasteiger partial charge on any atom is -0.481 e. The highest BCUT2D eigenvalue weighted by Crippen LogP contribution is 2.17. The number of carbonyl (C=O) groups excluding carboxylic acids is 1. The first-order valence-electron chi connectivity index (χ1n) is 6.04.